The quantitative estimate of drug-likeness (QED) is 0.461. The number of primary amides is 1. The number of nitrogens with one attached hydrogen (secondary N) is 1. The smallest absolute Gasteiger partial charge is 0.287 e. The molecule has 0 aromatic heterocycles. The first kappa shape index (κ1) is 23.3. The highest BCUT2D eigenvalue weighted by molar-refractivity contribution is 6.37. The second kappa shape index (κ2) is 10.7. The van der Waals surface area contributed by atoms with Crippen molar-refractivity contribution in [2.45, 2.75) is 89.8 Å². The second-order valence-electron chi connectivity index (χ2n) is 8.55. The van der Waals surface area contributed by atoms with Gasteiger partial charge in [-0.2, -0.15) is 0 Å². The predicted octanol–water partition coefficient (Wildman–Crippen LogP) is 0.860. The highest BCUT2D eigenvalue weighted by Crippen LogP contribution is 2.31. The minimum absolute atomic E-state index is 0.142. The Balaban J connectivity index is 2.02. The van der Waals surface area contributed by atoms with E-state index in [1.807, 2.05) is 0 Å². The zero-order valence-electron chi connectivity index (χ0n) is 17.7. The first-order valence-electron chi connectivity index (χ1n) is 11.0. The molecule has 8 heteroatoms. The van der Waals surface area contributed by atoms with E-state index in [0.717, 1.165) is 44.9 Å². The van der Waals surface area contributed by atoms with Crippen molar-refractivity contribution in [3.05, 3.63) is 0 Å². The monoisotopic (exact) mass is 408 g/mol. The van der Waals surface area contributed by atoms with Crippen molar-refractivity contribution in [3.63, 3.8) is 0 Å². The molecule has 29 heavy (non-hydrogen) atoms. The zero-order chi connectivity index (χ0) is 21.6. The number of hydrogen-bond acceptors (Lipinski definition) is 5. The summed E-state index contributed by atoms with van der Waals surface area (Å²) in [5, 5.41) is 2.66. The molecule has 8 nitrogen and oxygen atoms in total. The van der Waals surface area contributed by atoms with Crippen LogP contribution >= 0.6 is 0 Å². The van der Waals surface area contributed by atoms with Gasteiger partial charge in [-0.3, -0.25) is 19.2 Å². The number of ketones is 1. The van der Waals surface area contributed by atoms with Crippen LogP contribution < -0.4 is 16.8 Å². The molecule has 0 spiro atoms. The van der Waals surface area contributed by atoms with Crippen LogP contribution in [0.4, 0.5) is 0 Å². The van der Waals surface area contributed by atoms with Crippen LogP contribution in [0, 0.1) is 11.8 Å². The van der Waals surface area contributed by atoms with Gasteiger partial charge in [0.25, 0.3) is 5.91 Å². The van der Waals surface area contributed by atoms with E-state index < -0.39 is 35.7 Å². The van der Waals surface area contributed by atoms with Crippen molar-refractivity contribution in [3.8, 4) is 0 Å². The van der Waals surface area contributed by atoms with Crippen LogP contribution in [0.5, 0.6) is 0 Å². The summed E-state index contributed by atoms with van der Waals surface area (Å²) in [7, 11) is 0. The van der Waals surface area contributed by atoms with Crippen LogP contribution in [0.15, 0.2) is 0 Å². The van der Waals surface area contributed by atoms with Crippen molar-refractivity contribution in [1.82, 2.24) is 10.2 Å². The highest BCUT2D eigenvalue weighted by Gasteiger charge is 2.36. The third-order valence-corrected chi connectivity index (χ3v) is 6.58. The molecular weight excluding hydrogens is 372 g/mol. The highest BCUT2D eigenvalue weighted by atomic mass is 16.2. The van der Waals surface area contributed by atoms with Gasteiger partial charge in [-0.05, 0) is 44.9 Å². The number of rotatable bonds is 10. The third kappa shape index (κ3) is 6.01. The molecule has 3 amide bonds. The summed E-state index contributed by atoms with van der Waals surface area (Å²) in [4.78, 5) is 50.8. The van der Waals surface area contributed by atoms with E-state index in [9.17, 15) is 19.2 Å². The molecule has 0 bridgehead atoms. The third-order valence-electron chi connectivity index (χ3n) is 6.58. The number of nitrogens with zero attached hydrogens (tertiary/aromatic N) is 1. The average Bonchev–Trinajstić information content (AvgIpc) is 2.69. The van der Waals surface area contributed by atoms with Gasteiger partial charge < -0.3 is 21.7 Å². The van der Waals surface area contributed by atoms with Gasteiger partial charge in [-0.1, -0.05) is 38.5 Å². The standard InChI is InChI=1S/C21H36N4O4/c1-3-25(21(29)17(22)15-10-5-4-6-11-15)13(2)20(28)24-16(18(26)19(23)27)12-14-8-7-9-14/h13-17H,3-12,22H2,1-2H3,(H2,23,27)(H,24,28)/t13?,16?,17-/m0/s1. The maximum atomic E-state index is 13.0. The lowest BCUT2D eigenvalue weighted by Gasteiger charge is -2.35. The Labute approximate surface area is 173 Å². The van der Waals surface area contributed by atoms with Gasteiger partial charge in [0, 0.05) is 6.54 Å². The second-order valence-corrected chi connectivity index (χ2v) is 8.55. The molecule has 2 unspecified atom stereocenters. The first-order chi connectivity index (χ1) is 13.8. The first-order valence-corrected chi connectivity index (χ1v) is 11.0. The van der Waals surface area contributed by atoms with E-state index in [-0.39, 0.29) is 11.8 Å². The van der Waals surface area contributed by atoms with Crippen LogP contribution in [-0.2, 0) is 19.2 Å². The van der Waals surface area contributed by atoms with Crippen LogP contribution in [0.2, 0.25) is 0 Å². The molecule has 3 atom stereocenters. The Morgan fingerprint density at radius 1 is 1.03 bits per heavy atom. The van der Waals surface area contributed by atoms with E-state index in [1.54, 1.807) is 13.8 Å². The summed E-state index contributed by atoms with van der Waals surface area (Å²) in [5.41, 5.74) is 11.4. The number of amides is 3. The molecule has 0 aliphatic heterocycles. The van der Waals surface area contributed by atoms with Crippen LogP contribution in [0.25, 0.3) is 0 Å². The topological polar surface area (TPSA) is 136 Å². The summed E-state index contributed by atoms with van der Waals surface area (Å²) in [6.07, 6.45) is 8.63. The summed E-state index contributed by atoms with van der Waals surface area (Å²) in [6, 6.07) is -2.34. The van der Waals surface area contributed by atoms with Crippen molar-refractivity contribution in [2.24, 2.45) is 23.3 Å². The molecule has 2 saturated carbocycles. The number of hydrogen-bond donors (Lipinski definition) is 3. The van der Waals surface area contributed by atoms with Gasteiger partial charge >= 0.3 is 0 Å². The average molecular weight is 409 g/mol. The SMILES string of the molecule is CCN(C(=O)[C@@H](N)C1CCCCC1)C(C)C(=O)NC(CC1CCC1)C(=O)C(N)=O. The van der Waals surface area contributed by atoms with E-state index in [2.05, 4.69) is 5.32 Å². The van der Waals surface area contributed by atoms with Gasteiger partial charge in [-0.25, -0.2) is 0 Å². The Morgan fingerprint density at radius 3 is 2.14 bits per heavy atom. The van der Waals surface area contributed by atoms with Crippen molar-refractivity contribution in [2.75, 3.05) is 6.54 Å². The van der Waals surface area contributed by atoms with Crippen molar-refractivity contribution in [1.29, 1.82) is 0 Å². The minimum atomic E-state index is -1.05. The number of nitrogens with two attached hydrogens (primary N) is 2. The molecule has 0 heterocycles. The molecule has 2 aliphatic rings. The molecule has 0 aromatic carbocycles. The summed E-state index contributed by atoms with van der Waals surface area (Å²) >= 11 is 0. The number of Topliss-reactive ketones (excluding diaryl/α,β-unsaturated/α-hetero) is 1. The summed E-state index contributed by atoms with van der Waals surface area (Å²) in [6.45, 7) is 3.76. The van der Waals surface area contributed by atoms with E-state index in [4.69, 9.17) is 11.5 Å². The molecule has 2 rings (SSSR count). The minimum Gasteiger partial charge on any atom is -0.363 e. The van der Waals surface area contributed by atoms with Crippen LogP contribution in [0.3, 0.4) is 0 Å². The van der Waals surface area contributed by atoms with E-state index in [1.165, 1.54) is 11.3 Å². The predicted molar refractivity (Wildman–Crippen MR) is 109 cm³/mol. The number of carbonyl (C=O) groups excluding carboxylic acids is 4. The lowest BCUT2D eigenvalue weighted by Crippen LogP contribution is -2.57. The largest absolute Gasteiger partial charge is 0.363 e. The van der Waals surface area contributed by atoms with Crippen molar-refractivity contribution >= 4 is 23.5 Å². The fraction of sp³-hybridized carbons (Fsp3) is 0.810. The summed E-state index contributed by atoms with van der Waals surface area (Å²) < 4.78 is 0. The molecule has 164 valence electrons. The number of likely N-dealkylation sites (N-methyl/N-ethyl adjacent to an activating group) is 1. The van der Waals surface area contributed by atoms with Crippen LogP contribution in [-0.4, -0.2) is 53.1 Å². The lowest BCUT2D eigenvalue weighted by molar-refractivity contribution is -0.143. The van der Waals surface area contributed by atoms with Gasteiger partial charge in [0.15, 0.2) is 0 Å². The maximum Gasteiger partial charge on any atom is 0.287 e. The molecule has 2 aliphatic carbocycles. The van der Waals surface area contributed by atoms with Crippen LogP contribution in [0.1, 0.15) is 71.6 Å². The lowest BCUT2D eigenvalue weighted by atomic mass is 9.80. The molecular formula is C21H36N4O4. The Bertz CT molecular complexity index is 614. The Kier molecular flexibility index (Phi) is 8.61. The Hall–Kier alpha value is -1.96. The normalized spacial score (nSPS) is 20.8. The van der Waals surface area contributed by atoms with Gasteiger partial charge in [0.2, 0.25) is 17.6 Å². The molecule has 2 fully saturated rings. The number of carbonyl (C=O) groups is 4. The van der Waals surface area contributed by atoms with Gasteiger partial charge in [-0.15, -0.1) is 0 Å². The molecule has 5 N–H and O–H groups in total. The zero-order valence-corrected chi connectivity index (χ0v) is 17.7. The Morgan fingerprint density at radius 2 is 1.66 bits per heavy atom. The molecule has 0 saturated heterocycles. The summed E-state index contributed by atoms with van der Waals surface area (Å²) in [5.74, 6) is -2.09. The fourth-order valence-corrected chi connectivity index (χ4v) is 4.41. The fourth-order valence-electron chi connectivity index (χ4n) is 4.41. The van der Waals surface area contributed by atoms with Crippen molar-refractivity contribution < 1.29 is 19.2 Å². The maximum absolute atomic E-state index is 13.0. The molecule has 0 aromatic rings. The van der Waals surface area contributed by atoms with Gasteiger partial charge in [0.1, 0.15) is 6.04 Å². The van der Waals surface area contributed by atoms with Gasteiger partial charge in [0.05, 0.1) is 12.1 Å². The van der Waals surface area contributed by atoms with E-state index in [0.29, 0.717) is 18.9 Å². The van der Waals surface area contributed by atoms with E-state index >= 15 is 0 Å². The molecule has 0 radical (unpaired) electrons.